The van der Waals surface area contributed by atoms with E-state index in [2.05, 4.69) is 5.32 Å². The Morgan fingerprint density at radius 1 is 0.923 bits per heavy atom. The summed E-state index contributed by atoms with van der Waals surface area (Å²) in [6.07, 6.45) is -0.319. The van der Waals surface area contributed by atoms with Crippen LogP contribution in [0.3, 0.4) is 0 Å². The molecule has 39 heavy (non-hydrogen) atoms. The molecule has 6 nitrogen and oxygen atoms in total. The Labute approximate surface area is 229 Å². The lowest BCUT2D eigenvalue weighted by atomic mass is 9.88. The third-order valence-corrected chi connectivity index (χ3v) is 6.85. The van der Waals surface area contributed by atoms with E-state index in [9.17, 15) is 9.59 Å². The second-order valence-corrected chi connectivity index (χ2v) is 9.72. The molecule has 1 aliphatic heterocycles. The minimum atomic E-state index is -0.602. The van der Waals surface area contributed by atoms with Crippen molar-refractivity contribution in [2.45, 2.75) is 32.3 Å². The zero-order valence-corrected chi connectivity index (χ0v) is 22.2. The molecule has 4 aromatic rings. The van der Waals surface area contributed by atoms with E-state index in [1.165, 1.54) is 0 Å². The average molecular weight is 521 g/mol. The van der Waals surface area contributed by atoms with E-state index in [1.807, 2.05) is 91.9 Å². The van der Waals surface area contributed by atoms with Crippen LogP contribution in [0.15, 0.2) is 103 Å². The van der Waals surface area contributed by atoms with E-state index in [0.717, 1.165) is 22.4 Å². The van der Waals surface area contributed by atoms with Gasteiger partial charge in [-0.2, -0.15) is 0 Å². The van der Waals surface area contributed by atoms with Gasteiger partial charge in [-0.3, -0.25) is 9.59 Å². The average Bonchev–Trinajstić information content (AvgIpc) is 2.96. The zero-order chi connectivity index (χ0) is 27.2. The maximum Gasteiger partial charge on any atom is 0.267 e. The summed E-state index contributed by atoms with van der Waals surface area (Å²) < 4.78 is 11.7. The molecule has 2 amide bonds. The number of carbonyl (C=O) groups excluding carboxylic acids is 2. The molecular weight excluding hydrogens is 488 g/mol. The molecule has 0 spiro atoms. The monoisotopic (exact) mass is 520 g/mol. The van der Waals surface area contributed by atoms with Gasteiger partial charge in [0, 0.05) is 18.0 Å². The van der Waals surface area contributed by atoms with E-state index in [1.54, 1.807) is 30.0 Å². The predicted octanol–water partition coefficient (Wildman–Crippen LogP) is 6.35. The second kappa shape index (κ2) is 11.9. The van der Waals surface area contributed by atoms with Gasteiger partial charge in [-0.25, -0.2) is 0 Å². The summed E-state index contributed by atoms with van der Waals surface area (Å²) in [5.74, 6) is 1.01. The van der Waals surface area contributed by atoms with Gasteiger partial charge < -0.3 is 19.7 Å². The summed E-state index contributed by atoms with van der Waals surface area (Å²) >= 11 is 0. The lowest BCUT2D eigenvalue weighted by molar-refractivity contribution is -0.125. The molecule has 4 aromatic carbocycles. The first kappa shape index (κ1) is 26.0. The van der Waals surface area contributed by atoms with Crippen molar-refractivity contribution in [3.8, 4) is 11.5 Å². The quantitative estimate of drug-likeness (QED) is 0.279. The lowest BCUT2D eigenvalue weighted by Gasteiger charge is -2.33. The van der Waals surface area contributed by atoms with Gasteiger partial charge in [0.15, 0.2) is 6.10 Å². The summed E-state index contributed by atoms with van der Waals surface area (Å²) in [7, 11) is 0. The Bertz CT molecular complexity index is 1380. The van der Waals surface area contributed by atoms with Gasteiger partial charge in [-0.05, 0) is 55.3 Å². The standard InChI is InChI=1S/C33H32N2O4/c1-23-13-16-28(17-14-23)38-20-19-35-30-21-27(15-18-31(30)39-24(2)33(35)37)34-32(36)22-29(25-9-5-3-6-10-25)26-11-7-4-8-12-26/h3-18,21,24,29H,19-20,22H2,1-2H3,(H,34,36). The van der Waals surface area contributed by atoms with Crippen LogP contribution in [-0.2, 0) is 9.59 Å². The minimum Gasteiger partial charge on any atom is -0.492 e. The molecule has 1 unspecified atom stereocenters. The number of rotatable bonds is 9. The van der Waals surface area contributed by atoms with Crippen LogP contribution in [0.4, 0.5) is 11.4 Å². The second-order valence-electron chi connectivity index (χ2n) is 9.72. The van der Waals surface area contributed by atoms with Gasteiger partial charge in [-0.15, -0.1) is 0 Å². The predicted molar refractivity (Wildman–Crippen MR) is 154 cm³/mol. The Balaban J connectivity index is 1.31. The van der Waals surface area contributed by atoms with Crippen molar-refractivity contribution in [3.05, 3.63) is 120 Å². The maximum absolute atomic E-state index is 13.2. The van der Waals surface area contributed by atoms with Gasteiger partial charge >= 0.3 is 0 Å². The van der Waals surface area contributed by atoms with Crippen molar-refractivity contribution in [1.82, 2.24) is 0 Å². The smallest absolute Gasteiger partial charge is 0.267 e. The molecule has 5 rings (SSSR count). The highest BCUT2D eigenvalue weighted by molar-refractivity contribution is 6.01. The van der Waals surface area contributed by atoms with Crippen molar-refractivity contribution in [3.63, 3.8) is 0 Å². The molecule has 198 valence electrons. The molecular formula is C33H32N2O4. The van der Waals surface area contributed by atoms with E-state index in [0.29, 0.717) is 30.3 Å². The SMILES string of the molecule is Cc1ccc(OCCN2C(=O)C(C)Oc3ccc(NC(=O)CC(c4ccccc4)c4ccccc4)cc32)cc1. The Hall–Kier alpha value is -4.58. The normalized spacial score (nSPS) is 14.5. The fraction of sp³-hybridized carbons (Fsp3) is 0.212. The first-order valence-corrected chi connectivity index (χ1v) is 13.2. The van der Waals surface area contributed by atoms with E-state index < -0.39 is 6.10 Å². The van der Waals surface area contributed by atoms with Gasteiger partial charge in [0.2, 0.25) is 5.91 Å². The van der Waals surface area contributed by atoms with Gasteiger partial charge in [0.05, 0.1) is 12.2 Å². The summed E-state index contributed by atoms with van der Waals surface area (Å²) in [6.45, 7) is 4.44. The molecule has 0 bridgehead atoms. The van der Waals surface area contributed by atoms with Crippen LogP contribution >= 0.6 is 0 Å². The summed E-state index contributed by atoms with van der Waals surface area (Å²) in [5, 5.41) is 3.03. The number of anilines is 2. The van der Waals surface area contributed by atoms with Crippen LogP contribution < -0.4 is 19.7 Å². The van der Waals surface area contributed by atoms with Crippen LogP contribution in [0.25, 0.3) is 0 Å². The highest BCUT2D eigenvalue weighted by Crippen LogP contribution is 2.37. The fourth-order valence-electron chi connectivity index (χ4n) is 4.80. The number of amides is 2. The zero-order valence-electron chi connectivity index (χ0n) is 22.2. The third kappa shape index (κ3) is 6.29. The van der Waals surface area contributed by atoms with Gasteiger partial charge in [-0.1, -0.05) is 78.4 Å². The van der Waals surface area contributed by atoms with Crippen LogP contribution in [-0.4, -0.2) is 31.1 Å². The highest BCUT2D eigenvalue weighted by atomic mass is 16.5. The maximum atomic E-state index is 13.2. The van der Waals surface area contributed by atoms with Crippen LogP contribution in [0.2, 0.25) is 0 Å². The van der Waals surface area contributed by atoms with Crippen molar-refractivity contribution in [2.24, 2.45) is 0 Å². The van der Waals surface area contributed by atoms with Crippen LogP contribution in [0, 0.1) is 6.92 Å². The molecule has 6 heteroatoms. The molecule has 1 atom stereocenters. The third-order valence-electron chi connectivity index (χ3n) is 6.85. The lowest BCUT2D eigenvalue weighted by Crippen LogP contribution is -2.46. The van der Waals surface area contributed by atoms with Gasteiger partial charge in [0.1, 0.15) is 18.1 Å². The number of nitrogens with one attached hydrogen (secondary N) is 1. The van der Waals surface area contributed by atoms with Crippen molar-refractivity contribution >= 4 is 23.2 Å². The number of nitrogens with zero attached hydrogens (tertiary/aromatic N) is 1. The molecule has 1 aliphatic rings. The number of hydrogen-bond acceptors (Lipinski definition) is 4. The van der Waals surface area contributed by atoms with E-state index in [4.69, 9.17) is 9.47 Å². The molecule has 1 heterocycles. The highest BCUT2D eigenvalue weighted by Gasteiger charge is 2.32. The topological polar surface area (TPSA) is 67.9 Å². The van der Waals surface area contributed by atoms with E-state index >= 15 is 0 Å². The van der Waals surface area contributed by atoms with Crippen LogP contribution in [0.1, 0.15) is 36.0 Å². The number of ether oxygens (including phenoxy) is 2. The summed E-state index contributed by atoms with van der Waals surface area (Å²) in [6, 6.07) is 33.3. The van der Waals surface area contributed by atoms with Crippen molar-refractivity contribution in [1.29, 1.82) is 0 Å². The molecule has 1 N–H and O–H groups in total. The molecule has 0 aliphatic carbocycles. The Kier molecular flexibility index (Phi) is 7.92. The molecule has 0 saturated carbocycles. The summed E-state index contributed by atoms with van der Waals surface area (Å²) in [5.41, 5.74) is 4.54. The molecule has 0 saturated heterocycles. The Morgan fingerprint density at radius 3 is 2.21 bits per heavy atom. The number of fused-ring (bicyclic) bond motifs is 1. The molecule has 0 radical (unpaired) electrons. The molecule has 0 fully saturated rings. The minimum absolute atomic E-state index is 0.0776. The number of benzene rings is 4. The largest absolute Gasteiger partial charge is 0.492 e. The van der Waals surface area contributed by atoms with E-state index in [-0.39, 0.29) is 24.2 Å². The fourth-order valence-corrected chi connectivity index (χ4v) is 4.80. The van der Waals surface area contributed by atoms with Crippen LogP contribution in [0.5, 0.6) is 11.5 Å². The van der Waals surface area contributed by atoms with Crippen molar-refractivity contribution in [2.75, 3.05) is 23.4 Å². The number of hydrogen-bond donors (Lipinski definition) is 1. The number of carbonyl (C=O) groups is 2. The first-order valence-electron chi connectivity index (χ1n) is 13.2. The van der Waals surface area contributed by atoms with Crippen molar-refractivity contribution < 1.29 is 19.1 Å². The first-order chi connectivity index (χ1) is 19.0. The van der Waals surface area contributed by atoms with Gasteiger partial charge in [0.25, 0.3) is 5.91 Å². The summed E-state index contributed by atoms with van der Waals surface area (Å²) in [4.78, 5) is 27.9. The Morgan fingerprint density at radius 2 is 1.56 bits per heavy atom. The number of aryl methyl sites for hydroxylation is 1. The molecule has 0 aromatic heterocycles.